The molecule has 0 saturated carbocycles. The Balaban J connectivity index is 0.000000132. The van der Waals surface area contributed by atoms with Gasteiger partial charge >= 0.3 is 0 Å². The second-order valence-corrected chi connectivity index (χ2v) is 25.4. The predicted octanol–water partition coefficient (Wildman–Crippen LogP) is 20.3. The molecule has 2 aliphatic carbocycles. The highest BCUT2D eigenvalue weighted by Gasteiger charge is 2.27. The zero-order valence-electron chi connectivity index (χ0n) is 49.4. The zero-order chi connectivity index (χ0) is 60.4. The minimum Gasteiger partial charge on any atom is -0.278 e. The van der Waals surface area contributed by atoms with E-state index in [0.29, 0.717) is 6.42 Å². The Labute approximate surface area is 536 Å². The number of aromatic nitrogens is 9. The first-order chi connectivity index (χ1) is 45.7. The summed E-state index contributed by atoms with van der Waals surface area (Å²) in [7, 11) is 0. The number of para-hydroxylation sites is 6. The average Bonchev–Trinajstić information content (AvgIpc) is 1.48. The summed E-state index contributed by atoms with van der Waals surface area (Å²) >= 11 is 3.13. The molecule has 432 valence electrons. The number of imidazole rings is 4. The fraction of sp³-hybridized carbons (Fsp3) is 0.0247. The van der Waals surface area contributed by atoms with E-state index in [1.54, 1.807) is 17.7 Å². The first-order valence-electron chi connectivity index (χ1n) is 31.0. The van der Waals surface area contributed by atoms with Crippen LogP contribution in [0.15, 0.2) is 285 Å². The molecular weight excluding hydrogens is 1160 g/mol. The van der Waals surface area contributed by atoms with Gasteiger partial charge in [-0.15, -0.1) is 11.3 Å². The summed E-state index contributed by atoms with van der Waals surface area (Å²) in [6.45, 7) is 0. The molecule has 0 spiro atoms. The molecule has 2 aliphatic rings. The molecule has 0 saturated heterocycles. The maximum Gasteiger partial charge on any atom is 0.220 e. The molecule has 11 heteroatoms. The Kier molecular flexibility index (Phi) is 11.9. The summed E-state index contributed by atoms with van der Waals surface area (Å²) in [5.74, 6) is 1.80. The van der Waals surface area contributed by atoms with E-state index in [9.17, 15) is 0 Å². The highest BCUT2D eigenvalue weighted by Crippen LogP contribution is 2.51. The van der Waals surface area contributed by atoms with Crippen molar-refractivity contribution in [2.24, 2.45) is 0 Å². The van der Waals surface area contributed by atoms with Gasteiger partial charge < -0.3 is 0 Å². The summed E-state index contributed by atoms with van der Waals surface area (Å²) < 4.78 is 13.5. The maximum atomic E-state index is 5.37. The van der Waals surface area contributed by atoms with Gasteiger partial charge in [-0.2, -0.15) is 4.37 Å². The molecule has 0 radical (unpaired) electrons. The molecule has 0 fully saturated rings. The van der Waals surface area contributed by atoms with Gasteiger partial charge in [0.05, 0.1) is 49.1 Å². The third kappa shape index (κ3) is 8.12. The van der Waals surface area contributed by atoms with Crippen molar-refractivity contribution >= 4 is 78.6 Å². The van der Waals surface area contributed by atoms with Crippen LogP contribution in [-0.2, 0) is 12.8 Å². The van der Waals surface area contributed by atoms with E-state index in [-0.39, 0.29) is 0 Å². The first kappa shape index (κ1) is 52.3. The SMILES string of the molecule is c1ccc2c(c1)-c1ccccc1-c1ccc(-n3c4ccccc4n4c5cccc(Cc6nccs6)c5nc34)cc1-c1ccccc1-2.c1ccc2c(c1)-c1ccccc1-c1ccc(-n3c4ccccc4n4c5cccc(Cc6ncns6)c5nc34)cc1-c1ccccc1-2. The Morgan fingerprint density at radius 2 is 0.630 bits per heavy atom. The molecule has 12 aromatic carbocycles. The number of hydrogen-bond acceptors (Lipinski definition) is 7. The lowest BCUT2D eigenvalue weighted by Crippen LogP contribution is -2.00. The molecule has 0 bridgehead atoms. The lowest BCUT2D eigenvalue weighted by atomic mass is 9.81. The van der Waals surface area contributed by atoms with Crippen molar-refractivity contribution in [1.29, 1.82) is 0 Å². The van der Waals surface area contributed by atoms with Gasteiger partial charge in [-0.05, 0) is 172 Å². The second-order valence-electron chi connectivity index (χ2n) is 23.6. The third-order valence-corrected chi connectivity index (χ3v) is 20.0. The van der Waals surface area contributed by atoms with E-state index in [4.69, 9.17) is 9.97 Å². The van der Waals surface area contributed by atoms with Crippen LogP contribution in [0.5, 0.6) is 0 Å². The third-order valence-electron chi connectivity index (χ3n) is 18.6. The number of benzene rings is 12. The number of hydrogen-bond donors (Lipinski definition) is 0. The molecule has 6 heterocycles. The monoisotopic (exact) mass is 1210 g/mol. The quantitative estimate of drug-likeness (QED) is 0.166. The van der Waals surface area contributed by atoms with Gasteiger partial charge in [0.2, 0.25) is 11.6 Å². The fourth-order valence-corrected chi connectivity index (χ4v) is 15.8. The smallest absolute Gasteiger partial charge is 0.220 e. The van der Waals surface area contributed by atoms with E-state index in [1.165, 1.54) is 106 Å². The standard InChI is InChI=1S/C41H26N4S.C40H25N5S/c1-2-12-29-28(11-1)30-13-3-4-15-32(30)34-21-20-27(25-35(34)33-16-6-5-14-31(29)33)44-36-17-7-8-18-37(36)45-38-19-9-10-26(40(38)43-41(44)45)24-39-42-22-23-46-39;1-2-12-28-27(11-1)29-13-3-4-15-31(29)33-21-20-26(23-34(33)32-16-6-5-14-30(28)32)44-35-17-7-8-18-36(35)45-37-19-9-10-25(39(37)43-40(44)45)22-38-41-24-42-46-38/h1-23,25H,24H2;1-21,23-24H,22H2. The van der Waals surface area contributed by atoms with Crippen LogP contribution in [0.4, 0.5) is 0 Å². The minimum atomic E-state index is 0.705. The maximum absolute atomic E-state index is 5.37. The van der Waals surface area contributed by atoms with Crippen molar-refractivity contribution in [3.63, 3.8) is 0 Å². The van der Waals surface area contributed by atoms with Crippen LogP contribution in [0.3, 0.4) is 0 Å². The van der Waals surface area contributed by atoms with Crippen LogP contribution in [0.2, 0.25) is 0 Å². The molecule has 0 N–H and O–H groups in total. The molecule has 0 aliphatic heterocycles. The van der Waals surface area contributed by atoms with Gasteiger partial charge in [-0.3, -0.25) is 17.9 Å². The number of rotatable bonds is 6. The lowest BCUT2D eigenvalue weighted by Gasteiger charge is -2.23. The Morgan fingerprint density at radius 3 is 0.989 bits per heavy atom. The van der Waals surface area contributed by atoms with Crippen LogP contribution in [0.1, 0.15) is 21.1 Å². The lowest BCUT2D eigenvalue weighted by molar-refractivity contribution is 1.10. The second kappa shape index (κ2) is 21.0. The number of thiazole rings is 1. The van der Waals surface area contributed by atoms with Gasteiger partial charge in [0.15, 0.2) is 0 Å². The van der Waals surface area contributed by atoms with Crippen LogP contribution in [-0.4, -0.2) is 42.2 Å². The van der Waals surface area contributed by atoms with Gasteiger partial charge in [0.1, 0.15) is 11.3 Å². The summed E-state index contributed by atoms with van der Waals surface area (Å²) in [4.78, 5) is 19.7. The van der Waals surface area contributed by atoms with Crippen LogP contribution in [0, 0.1) is 0 Å². The van der Waals surface area contributed by atoms with Crippen molar-refractivity contribution in [1.82, 2.24) is 42.2 Å². The van der Waals surface area contributed by atoms with E-state index in [0.717, 1.165) is 89.1 Å². The van der Waals surface area contributed by atoms with Crippen molar-refractivity contribution < 1.29 is 0 Å². The van der Waals surface area contributed by atoms with Crippen LogP contribution in [0.25, 0.3) is 156 Å². The van der Waals surface area contributed by atoms with E-state index >= 15 is 0 Å². The minimum absolute atomic E-state index is 0.705. The molecule has 9 nitrogen and oxygen atoms in total. The predicted molar refractivity (Wildman–Crippen MR) is 377 cm³/mol. The molecule has 20 rings (SSSR count). The van der Waals surface area contributed by atoms with Crippen molar-refractivity contribution in [2.75, 3.05) is 0 Å². The zero-order valence-corrected chi connectivity index (χ0v) is 51.0. The molecule has 6 aromatic heterocycles. The summed E-state index contributed by atoms with van der Waals surface area (Å²) in [5.41, 5.74) is 33.0. The van der Waals surface area contributed by atoms with E-state index in [2.05, 4.69) is 299 Å². The van der Waals surface area contributed by atoms with Crippen molar-refractivity contribution in [2.45, 2.75) is 12.8 Å². The van der Waals surface area contributed by atoms with Crippen molar-refractivity contribution in [3.8, 4) is 100 Å². The molecular formula is C81H51N9S2. The molecule has 0 unspecified atom stereocenters. The summed E-state index contributed by atoms with van der Waals surface area (Å²) in [6, 6.07) is 96.8. The topological polar surface area (TPSA) is 83.1 Å². The van der Waals surface area contributed by atoms with Gasteiger partial charge in [-0.1, -0.05) is 206 Å². The summed E-state index contributed by atoms with van der Waals surface area (Å²) in [6.07, 6.45) is 4.97. The van der Waals surface area contributed by atoms with Crippen LogP contribution < -0.4 is 0 Å². The highest BCUT2D eigenvalue weighted by atomic mass is 32.1. The molecule has 0 amide bonds. The number of nitrogens with zero attached hydrogens (tertiary/aromatic N) is 9. The van der Waals surface area contributed by atoms with Crippen LogP contribution >= 0.6 is 22.9 Å². The van der Waals surface area contributed by atoms with E-state index < -0.39 is 0 Å². The first-order valence-corrected chi connectivity index (χ1v) is 32.6. The van der Waals surface area contributed by atoms with Gasteiger partial charge in [0.25, 0.3) is 0 Å². The molecule has 18 aromatic rings. The number of fused-ring (bicyclic) bond motifs is 26. The van der Waals surface area contributed by atoms with Gasteiger partial charge in [-0.25, -0.2) is 19.9 Å². The van der Waals surface area contributed by atoms with E-state index in [1.807, 2.05) is 11.6 Å². The largest absolute Gasteiger partial charge is 0.278 e. The fourth-order valence-electron chi connectivity index (χ4n) is 14.7. The Hall–Kier alpha value is -11.6. The van der Waals surface area contributed by atoms with Gasteiger partial charge in [0, 0.05) is 35.8 Å². The highest BCUT2D eigenvalue weighted by molar-refractivity contribution is 7.09. The summed E-state index contributed by atoms with van der Waals surface area (Å²) in [5, 5.41) is 4.12. The Morgan fingerprint density at radius 1 is 0.293 bits per heavy atom. The average molecular weight is 1210 g/mol. The Bertz CT molecular complexity index is 5600. The molecule has 92 heavy (non-hydrogen) atoms. The van der Waals surface area contributed by atoms with Crippen molar-refractivity contribution in [3.05, 3.63) is 306 Å². The molecule has 0 atom stereocenters. The normalized spacial score (nSPS) is 12.0.